The third-order valence-electron chi connectivity index (χ3n) is 4.10. The summed E-state index contributed by atoms with van der Waals surface area (Å²) in [7, 11) is 0. The van der Waals surface area contributed by atoms with E-state index in [1.165, 1.54) is 18.2 Å². The molecule has 0 aliphatic heterocycles. The van der Waals surface area contributed by atoms with E-state index in [0.717, 1.165) is 22.5 Å². The third kappa shape index (κ3) is 5.23. The molecule has 0 aliphatic carbocycles. The van der Waals surface area contributed by atoms with Gasteiger partial charge in [-0.15, -0.1) is 0 Å². The molecule has 0 saturated heterocycles. The fraction of sp³-hybridized carbons (Fsp3) is 0.0952. The minimum atomic E-state index is -0.647. The lowest BCUT2D eigenvalue weighted by Crippen LogP contribution is -2.42. The summed E-state index contributed by atoms with van der Waals surface area (Å²) in [6, 6.07) is 18.9. The number of nitrogens with zero attached hydrogens (tertiary/aromatic N) is 2. The zero-order valence-corrected chi connectivity index (χ0v) is 15.6. The van der Waals surface area contributed by atoms with Gasteiger partial charge in [-0.2, -0.15) is 0 Å². The summed E-state index contributed by atoms with van der Waals surface area (Å²) < 4.78 is 0. The summed E-state index contributed by atoms with van der Waals surface area (Å²) in [6.45, 7) is 1.72. The van der Waals surface area contributed by atoms with Gasteiger partial charge >= 0.3 is 0 Å². The smallest absolute Gasteiger partial charge is 0.270 e. The molecule has 8 nitrogen and oxygen atoms in total. The largest absolute Gasteiger partial charge is 0.273 e. The van der Waals surface area contributed by atoms with Crippen molar-refractivity contribution in [3.63, 3.8) is 0 Å². The first-order valence-corrected chi connectivity index (χ1v) is 8.79. The molecule has 3 rings (SSSR count). The lowest BCUT2D eigenvalue weighted by Gasteiger charge is -2.07. The van der Waals surface area contributed by atoms with Gasteiger partial charge < -0.3 is 0 Å². The molecule has 0 unspecified atom stereocenters. The molecule has 0 spiro atoms. The second kappa shape index (κ2) is 8.75. The number of non-ortho nitro benzene ring substituents is 1. The van der Waals surface area contributed by atoms with Gasteiger partial charge in [-0.1, -0.05) is 36.4 Å². The molecule has 2 N–H and O–H groups in total. The zero-order chi connectivity index (χ0) is 20.8. The van der Waals surface area contributed by atoms with Crippen LogP contribution in [-0.2, 0) is 4.79 Å². The van der Waals surface area contributed by atoms with E-state index in [9.17, 15) is 19.7 Å². The van der Waals surface area contributed by atoms with E-state index in [4.69, 9.17) is 0 Å². The maximum Gasteiger partial charge on any atom is 0.270 e. The van der Waals surface area contributed by atoms with Crippen LogP contribution in [0.3, 0.4) is 0 Å². The molecule has 0 fully saturated rings. The van der Waals surface area contributed by atoms with E-state index in [1.54, 1.807) is 6.92 Å². The Hall–Kier alpha value is -4.07. The molecule has 146 valence electrons. The molecule has 0 aliphatic rings. The number of hydrazine groups is 1. The Kier molecular flexibility index (Phi) is 5.94. The van der Waals surface area contributed by atoms with Gasteiger partial charge in [0.1, 0.15) is 0 Å². The average Bonchev–Trinajstić information content (AvgIpc) is 2.72. The SMILES string of the molecule is CC(CC(=O)NNC(=O)c1cccc([N+](=O)[O-])c1)=Nc1ccc2ccccc2c1. The predicted molar refractivity (Wildman–Crippen MR) is 110 cm³/mol. The van der Waals surface area contributed by atoms with Crippen LogP contribution in [-0.4, -0.2) is 22.4 Å². The van der Waals surface area contributed by atoms with E-state index < -0.39 is 16.7 Å². The van der Waals surface area contributed by atoms with E-state index in [1.807, 2.05) is 42.5 Å². The van der Waals surface area contributed by atoms with Crippen molar-refractivity contribution < 1.29 is 14.5 Å². The lowest BCUT2D eigenvalue weighted by atomic mass is 10.1. The highest BCUT2D eigenvalue weighted by Gasteiger charge is 2.12. The highest BCUT2D eigenvalue weighted by atomic mass is 16.6. The first kappa shape index (κ1) is 19.7. The summed E-state index contributed by atoms with van der Waals surface area (Å²) in [5.74, 6) is -1.10. The van der Waals surface area contributed by atoms with Crippen LogP contribution < -0.4 is 10.9 Å². The maximum atomic E-state index is 12.1. The molecule has 0 aromatic heterocycles. The quantitative estimate of drug-likeness (QED) is 0.393. The number of aliphatic imine (C=N–C) groups is 1. The topological polar surface area (TPSA) is 114 Å². The fourth-order valence-electron chi connectivity index (χ4n) is 2.74. The number of rotatable bonds is 5. The van der Waals surface area contributed by atoms with E-state index in [2.05, 4.69) is 15.8 Å². The van der Waals surface area contributed by atoms with E-state index in [0.29, 0.717) is 5.71 Å². The molecule has 3 aromatic rings. The lowest BCUT2D eigenvalue weighted by molar-refractivity contribution is -0.384. The Morgan fingerprint density at radius 3 is 2.48 bits per heavy atom. The van der Waals surface area contributed by atoms with Crippen LogP contribution in [0.5, 0.6) is 0 Å². The van der Waals surface area contributed by atoms with Crippen LogP contribution in [0, 0.1) is 10.1 Å². The number of hydrogen-bond acceptors (Lipinski definition) is 5. The van der Waals surface area contributed by atoms with Gasteiger partial charge in [0.25, 0.3) is 11.6 Å². The van der Waals surface area contributed by atoms with Crippen LogP contribution in [0.25, 0.3) is 10.8 Å². The van der Waals surface area contributed by atoms with Crippen LogP contribution in [0.1, 0.15) is 23.7 Å². The van der Waals surface area contributed by atoms with Gasteiger partial charge in [0.05, 0.1) is 17.0 Å². The molecule has 0 bridgehead atoms. The van der Waals surface area contributed by atoms with Crippen molar-refractivity contribution in [1.29, 1.82) is 0 Å². The third-order valence-corrected chi connectivity index (χ3v) is 4.10. The van der Waals surface area contributed by atoms with Crippen molar-refractivity contribution in [2.75, 3.05) is 0 Å². The second-order valence-electron chi connectivity index (χ2n) is 6.37. The van der Waals surface area contributed by atoms with Crippen LogP contribution in [0.15, 0.2) is 71.7 Å². The number of benzene rings is 3. The van der Waals surface area contributed by atoms with Gasteiger partial charge in [0.15, 0.2) is 0 Å². The second-order valence-corrected chi connectivity index (χ2v) is 6.37. The number of nitrogens with one attached hydrogen (secondary N) is 2. The van der Waals surface area contributed by atoms with Gasteiger partial charge in [-0.05, 0) is 35.9 Å². The van der Waals surface area contributed by atoms with Gasteiger partial charge in [0.2, 0.25) is 5.91 Å². The molecule has 3 aromatic carbocycles. The Bertz CT molecular complexity index is 1120. The van der Waals surface area contributed by atoms with Crippen LogP contribution in [0.4, 0.5) is 11.4 Å². The minimum absolute atomic E-state index is 0.0119. The molecule has 29 heavy (non-hydrogen) atoms. The zero-order valence-electron chi connectivity index (χ0n) is 15.6. The molecule has 0 saturated carbocycles. The molecular weight excluding hydrogens is 372 g/mol. The van der Waals surface area contributed by atoms with Gasteiger partial charge in [-0.25, -0.2) is 0 Å². The summed E-state index contributed by atoms with van der Waals surface area (Å²) in [4.78, 5) is 38.7. The number of carbonyl (C=O) groups is 2. The Morgan fingerprint density at radius 1 is 0.966 bits per heavy atom. The van der Waals surface area contributed by atoms with Crippen LogP contribution >= 0.6 is 0 Å². The van der Waals surface area contributed by atoms with Crippen molar-refractivity contribution in [2.24, 2.45) is 4.99 Å². The first-order chi connectivity index (χ1) is 13.9. The molecular formula is C21H18N4O4. The summed E-state index contributed by atoms with van der Waals surface area (Å²) in [6.07, 6.45) is -0.0119. The van der Waals surface area contributed by atoms with Crippen molar-refractivity contribution in [2.45, 2.75) is 13.3 Å². The first-order valence-electron chi connectivity index (χ1n) is 8.79. The minimum Gasteiger partial charge on any atom is -0.273 e. The number of hydrogen-bond donors (Lipinski definition) is 2. The number of nitro groups is 1. The molecule has 0 heterocycles. The summed E-state index contributed by atoms with van der Waals surface area (Å²) >= 11 is 0. The summed E-state index contributed by atoms with van der Waals surface area (Å²) in [5.41, 5.74) is 5.70. The highest BCUT2D eigenvalue weighted by Crippen LogP contribution is 2.21. The van der Waals surface area contributed by atoms with Gasteiger partial charge in [0, 0.05) is 23.4 Å². The van der Waals surface area contributed by atoms with Crippen molar-refractivity contribution in [1.82, 2.24) is 10.9 Å². The van der Waals surface area contributed by atoms with Crippen molar-refractivity contribution in [3.8, 4) is 0 Å². The predicted octanol–water partition coefficient (Wildman–Crippen LogP) is 3.69. The highest BCUT2D eigenvalue weighted by molar-refractivity contribution is 6.02. The molecule has 0 radical (unpaired) electrons. The van der Waals surface area contributed by atoms with Gasteiger partial charge in [-0.3, -0.25) is 35.5 Å². The standard InChI is InChI=1S/C21H18N4O4/c1-14(22-18-10-9-15-5-2-3-6-16(15)12-18)11-20(26)23-24-21(27)17-7-4-8-19(13-17)25(28)29/h2-10,12-13H,11H2,1H3,(H,23,26)(H,24,27). The van der Waals surface area contributed by atoms with E-state index >= 15 is 0 Å². The Morgan fingerprint density at radius 2 is 1.72 bits per heavy atom. The molecule has 0 atom stereocenters. The Labute approximate surface area is 166 Å². The maximum absolute atomic E-state index is 12.1. The summed E-state index contributed by atoms with van der Waals surface area (Å²) in [5, 5.41) is 12.9. The number of fused-ring (bicyclic) bond motifs is 1. The van der Waals surface area contributed by atoms with Crippen LogP contribution in [0.2, 0.25) is 0 Å². The number of carbonyl (C=O) groups excluding carboxylic acids is 2. The molecule has 2 amide bonds. The van der Waals surface area contributed by atoms with E-state index in [-0.39, 0.29) is 17.7 Å². The van der Waals surface area contributed by atoms with Crippen molar-refractivity contribution in [3.05, 3.63) is 82.4 Å². The normalized spacial score (nSPS) is 11.1. The Balaban J connectivity index is 1.58. The monoisotopic (exact) mass is 390 g/mol. The number of nitro benzene ring substituents is 1. The molecule has 8 heteroatoms. The number of amides is 2. The van der Waals surface area contributed by atoms with Crippen molar-refractivity contribution >= 4 is 39.7 Å². The fourth-order valence-corrected chi connectivity index (χ4v) is 2.74. The average molecular weight is 390 g/mol.